The Hall–Kier alpha value is -1.10. The van der Waals surface area contributed by atoms with Gasteiger partial charge in [0.25, 0.3) is 0 Å². The molecule has 18 heavy (non-hydrogen) atoms. The van der Waals surface area contributed by atoms with E-state index in [2.05, 4.69) is 5.32 Å². The topological polar surface area (TPSA) is 64.4 Å². The molecule has 2 rings (SSSR count). The van der Waals surface area contributed by atoms with Crippen molar-refractivity contribution in [3.05, 3.63) is 28.8 Å². The van der Waals surface area contributed by atoms with Crippen LogP contribution in [0.4, 0.5) is 5.69 Å². The van der Waals surface area contributed by atoms with Crippen molar-refractivity contribution in [1.82, 2.24) is 0 Å². The minimum absolute atomic E-state index is 0.175. The van der Waals surface area contributed by atoms with Gasteiger partial charge in [0.1, 0.15) is 5.54 Å². The summed E-state index contributed by atoms with van der Waals surface area (Å²) < 4.78 is 5.22. The number of ether oxygens (including phenoxy) is 1. The van der Waals surface area contributed by atoms with Crippen LogP contribution in [0, 0.1) is 6.92 Å². The number of carbonyl (C=O) groups excluding carboxylic acids is 1. The van der Waals surface area contributed by atoms with Gasteiger partial charge >= 0.3 is 0 Å². The van der Waals surface area contributed by atoms with Gasteiger partial charge in [-0.15, -0.1) is 0 Å². The molecule has 5 heteroatoms. The fraction of sp³-hybridized carbons (Fsp3) is 0.462. The Morgan fingerprint density at radius 1 is 1.44 bits per heavy atom. The normalized spacial score (nSPS) is 18.4. The number of nitrogens with one attached hydrogen (secondary N) is 1. The molecule has 1 aromatic rings. The van der Waals surface area contributed by atoms with Crippen molar-refractivity contribution >= 4 is 23.2 Å². The van der Waals surface area contributed by atoms with Crippen LogP contribution in [0.25, 0.3) is 0 Å². The van der Waals surface area contributed by atoms with E-state index < -0.39 is 5.54 Å². The van der Waals surface area contributed by atoms with Crippen molar-refractivity contribution in [2.24, 2.45) is 5.73 Å². The summed E-state index contributed by atoms with van der Waals surface area (Å²) in [6.45, 7) is 2.97. The van der Waals surface area contributed by atoms with Crippen molar-refractivity contribution in [2.75, 3.05) is 18.5 Å². The van der Waals surface area contributed by atoms with E-state index in [0.29, 0.717) is 36.8 Å². The van der Waals surface area contributed by atoms with Gasteiger partial charge in [-0.25, -0.2) is 0 Å². The molecule has 1 aliphatic heterocycles. The number of hydrogen-bond acceptors (Lipinski definition) is 3. The van der Waals surface area contributed by atoms with Crippen molar-refractivity contribution in [2.45, 2.75) is 25.3 Å². The van der Waals surface area contributed by atoms with Crippen LogP contribution >= 0.6 is 11.6 Å². The number of nitrogens with two attached hydrogens (primary N) is 1. The molecule has 0 aromatic heterocycles. The first-order chi connectivity index (χ1) is 8.51. The Bertz CT molecular complexity index is 456. The first kappa shape index (κ1) is 13.3. The highest BCUT2D eigenvalue weighted by Gasteiger charge is 2.35. The molecule has 0 bridgehead atoms. The Labute approximate surface area is 111 Å². The molecule has 0 atom stereocenters. The molecule has 0 aliphatic carbocycles. The molecular formula is C13H17ClN2O2. The maximum atomic E-state index is 12.2. The third kappa shape index (κ3) is 2.83. The Morgan fingerprint density at radius 2 is 2.11 bits per heavy atom. The fourth-order valence-electron chi connectivity index (χ4n) is 1.89. The molecule has 1 fully saturated rings. The van der Waals surface area contributed by atoms with Gasteiger partial charge in [0, 0.05) is 23.9 Å². The number of halogens is 1. The number of aryl methyl sites for hydroxylation is 1. The SMILES string of the molecule is Cc1ccc(NC(=O)C2(N)CCOCC2)cc1Cl. The second-order valence-corrected chi connectivity index (χ2v) is 5.09. The summed E-state index contributed by atoms with van der Waals surface area (Å²) in [5, 5.41) is 3.45. The van der Waals surface area contributed by atoms with E-state index in [4.69, 9.17) is 22.1 Å². The molecule has 0 saturated carbocycles. The van der Waals surface area contributed by atoms with E-state index in [9.17, 15) is 4.79 Å². The third-order valence-corrected chi connectivity index (χ3v) is 3.67. The van der Waals surface area contributed by atoms with Crippen molar-refractivity contribution in [3.63, 3.8) is 0 Å². The molecule has 1 aromatic carbocycles. The second kappa shape index (κ2) is 5.26. The number of anilines is 1. The van der Waals surface area contributed by atoms with Crippen LogP contribution in [-0.2, 0) is 9.53 Å². The Balaban J connectivity index is 2.08. The quantitative estimate of drug-likeness (QED) is 0.863. The summed E-state index contributed by atoms with van der Waals surface area (Å²) in [6, 6.07) is 5.42. The average molecular weight is 269 g/mol. The second-order valence-electron chi connectivity index (χ2n) is 4.69. The van der Waals surface area contributed by atoms with Crippen LogP contribution in [0.3, 0.4) is 0 Å². The summed E-state index contributed by atoms with van der Waals surface area (Å²) in [6.07, 6.45) is 1.08. The average Bonchev–Trinajstić information content (AvgIpc) is 2.35. The molecule has 4 nitrogen and oxygen atoms in total. The molecule has 1 aliphatic rings. The van der Waals surface area contributed by atoms with E-state index in [1.165, 1.54) is 0 Å². The van der Waals surface area contributed by atoms with Crippen LogP contribution in [-0.4, -0.2) is 24.7 Å². The smallest absolute Gasteiger partial charge is 0.244 e. The predicted octanol–water partition coefficient (Wildman–Crippen LogP) is 2.09. The van der Waals surface area contributed by atoms with Gasteiger partial charge in [-0.3, -0.25) is 4.79 Å². The molecule has 1 amide bonds. The molecule has 0 radical (unpaired) electrons. The minimum Gasteiger partial charge on any atom is -0.381 e. The van der Waals surface area contributed by atoms with Gasteiger partial charge in [0.05, 0.1) is 0 Å². The fourth-order valence-corrected chi connectivity index (χ4v) is 2.07. The summed E-state index contributed by atoms with van der Waals surface area (Å²) in [7, 11) is 0. The summed E-state index contributed by atoms with van der Waals surface area (Å²) in [4.78, 5) is 12.2. The van der Waals surface area contributed by atoms with Crippen molar-refractivity contribution < 1.29 is 9.53 Å². The largest absolute Gasteiger partial charge is 0.381 e. The van der Waals surface area contributed by atoms with Crippen LogP contribution in [0.1, 0.15) is 18.4 Å². The molecule has 98 valence electrons. The summed E-state index contributed by atoms with van der Waals surface area (Å²) >= 11 is 6.02. The number of hydrogen-bond donors (Lipinski definition) is 2. The highest BCUT2D eigenvalue weighted by molar-refractivity contribution is 6.31. The molecule has 1 heterocycles. The van der Waals surface area contributed by atoms with Crippen LogP contribution in [0.2, 0.25) is 5.02 Å². The number of carbonyl (C=O) groups is 1. The highest BCUT2D eigenvalue weighted by Crippen LogP contribution is 2.23. The number of benzene rings is 1. The maximum absolute atomic E-state index is 12.2. The zero-order valence-corrected chi connectivity index (χ0v) is 11.1. The van der Waals surface area contributed by atoms with Crippen LogP contribution < -0.4 is 11.1 Å². The summed E-state index contributed by atoms with van der Waals surface area (Å²) in [5.74, 6) is -0.175. The van der Waals surface area contributed by atoms with Gasteiger partial charge < -0.3 is 15.8 Å². The van der Waals surface area contributed by atoms with E-state index >= 15 is 0 Å². The lowest BCUT2D eigenvalue weighted by molar-refractivity contribution is -0.124. The van der Waals surface area contributed by atoms with Gasteiger partial charge in [-0.1, -0.05) is 17.7 Å². The van der Waals surface area contributed by atoms with E-state index in [1.54, 1.807) is 6.07 Å². The molecule has 1 saturated heterocycles. The lowest BCUT2D eigenvalue weighted by Crippen LogP contribution is -2.54. The molecule has 0 unspecified atom stereocenters. The van der Waals surface area contributed by atoms with E-state index in [0.717, 1.165) is 5.56 Å². The Morgan fingerprint density at radius 3 is 2.72 bits per heavy atom. The van der Waals surface area contributed by atoms with Gasteiger partial charge in [-0.2, -0.15) is 0 Å². The molecular weight excluding hydrogens is 252 g/mol. The van der Waals surface area contributed by atoms with Gasteiger partial charge in [-0.05, 0) is 37.5 Å². The lowest BCUT2D eigenvalue weighted by Gasteiger charge is -2.31. The van der Waals surface area contributed by atoms with E-state index in [1.807, 2.05) is 19.1 Å². The zero-order valence-electron chi connectivity index (χ0n) is 10.3. The zero-order chi connectivity index (χ0) is 13.2. The monoisotopic (exact) mass is 268 g/mol. The van der Waals surface area contributed by atoms with Crippen LogP contribution in [0.15, 0.2) is 18.2 Å². The predicted molar refractivity (Wildman–Crippen MR) is 71.8 cm³/mol. The Kier molecular flexibility index (Phi) is 3.90. The first-order valence-corrected chi connectivity index (χ1v) is 6.33. The molecule has 0 spiro atoms. The highest BCUT2D eigenvalue weighted by atomic mass is 35.5. The number of amides is 1. The van der Waals surface area contributed by atoms with Crippen LogP contribution in [0.5, 0.6) is 0 Å². The first-order valence-electron chi connectivity index (χ1n) is 5.95. The summed E-state index contributed by atoms with van der Waals surface area (Å²) in [5.41, 5.74) is 6.90. The number of rotatable bonds is 2. The maximum Gasteiger partial charge on any atom is 0.244 e. The van der Waals surface area contributed by atoms with Gasteiger partial charge in [0.15, 0.2) is 0 Å². The lowest BCUT2D eigenvalue weighted by atomic mass is 9.90. The van der Waals surface area contributed by atoms with E-state index in [-0.39, 0.29) is 5.91 Å². The van der Waals surface area contributed by atoms with Crippen molar-refractivity contribution in [3.8, 4) is 0 Å². The minimum atomic E-state index is -0.838. The standard InChI is InChI=1S/C13H17ClN2O2/c1-9-2-3-10(8-11(9)14)16-12(17)13(15)4-6-18-7-5-13/h2-3,8H,4-7,15H2,1H3,(H,16,17). The van der Waals surface area contributed by atoms with Crippen molar-refractivity contribution in [1.29, 1.82) is 0 Å². The van der Waals surface area contributed by atoms with Gasteiger partial charge in [0.2, 0.25) is 5.91 Å². The third-order valence-electron chi connectivity index (χ3n) is 3.27. The molecule has 3 N–H and O–H groups in total.